The molecular formula is C10H14FN3O5. The number of aromatic nitrogens is 2. The molecule has 0 radical (unpaired) electrons. The summed E-state index contributed by atoms with van der Waals surface area (Å²) in [6.07, 6.45) is -3.91. The summed E-state index contributed by atoms with van der Waals surface area (Å²) in [6, 6.07) is 0. The van der Waals surface area contributed by atoms with Gasteiger partial charge in [0.1, 0.15) is 18.4 Å². The van der Waals surface area contributed by atoms with Crippen LogP contribution < -0.4 is 11.4 Å². The predicted octanol–water partition coefficient (Wildman–Crippen LogP) is -2.03. The standard InChI is InChI=1S/C10H14FN3O5/c11-4-2-14(10(18)13-9(4)12)7-1-5(16)8(17)6(3-15)19-7/h2,5-8,15-17H,1,3H2,(H2,12,13,18)/t5-,6-,7-,8-/m0/s1. The Balaban J connectivity index is 2.32. The molecule has 0 saturated carbocycles. The molecule has 0 amide bonds. The fraction of sp³-hybridized carbons (Fsp3) is 0.600. The lowest BCUT2D eigenvalue weighted by atomic mass is 10.0. The molecule has 1 aromatic rings. The van der Waals surface area contributed by atoms with E-state index in [2.05, 4.69) is 4.98 Å². The number of nitrogens with two attached hydrogens (primary N) is 1. The minimum atomic E-state index is -1.27. The molecule has 0 aliphatic carbocycles. The molecule has 1 aliphatic heterocycles. The number of anilines is 1. The molecule has 106 valence electrons. The first kappa shape index (κ1) is 13.9. The van der Waals surface area contributed by atoms with Crippen molar-refractivity contribution < 1.29 is 24.4 Å². The molecule has 0 aromatic carbocycles. The molecular weight excluding hydrogens is 261 g/mol. The van der Waals surface area contributed by atoms with Gasteiger partial charge in [-0.3, -0.25) is 4.57 Å². The molecule has 2 rings (SSSR count). The minimum Gasteiger partial charge on any atom is -0.394 e. The molecule has 1 aliphatic rings. The lowest BCUT2D eigenvalue weighted by Crippen LogP contribution is -2.49. The monoisotopic (exact) mass is 275 g/mol. The van der Waals surface area contributed by atoms with Crippen LogP contribution in [0.1, 0.15) is 12.6 Å². The Bertz CT molecular complexity index is 522. The van der Waals surface area contributed by atoms with E-state index in [-0.39, 0.29) is 6.42 Å². The maximum absolute atomic E-state index is 13.3. The number of hydrogen-bond acceptors (Lipinski definition) is 7. The average molecular weight is 275 g/mol. The number of aliphatic hydroxyl groups is 3. The van der Waals surface area contributed by atoms with Crippen LogP contribution in [0.25, 0.3) is 0 Å². The largest absolute Gasteiger partial charge is 0.394 e. The maximum atomic E-state index is 13.3. The number of rotatable bonds is 2. The number of nitrogens with zero attached hydrogens (tertiary/aromatic N) is 2. The second-order valence-corrected chi connectivity index (χ2v) is 4.27. The molecule has 19 heavy (non-hydrogen) atoms. The number of hydrogen-bond donors (Lipinski definition) is 4. The third-order valence-electron chi connectivity index (χ3n) is 2.97. The summed E-state index contributed by atoms with van der Waals surface area (Å²) in [5.74, 6) is -1.43. The highest BCUT2D eigenvalue weighted by atomic mass is 19.1. The maximum Gasteiger partial charge on any atom is 0.351 e. The van der Waals surface area contributed by atoms with Crippen LogP contribution in [-0.4, -0.2) is 49.8 Å². The van der Waals surface area contributed by atoms with E-state index in [4.69, 9.17) is 15.6 Å². The first-order chi connectivity index (χ1) is 8.93. The molecule has 4 atom stereocenters. The second kappa shape index (κ2) is 5.21. The Labute approximate surface area is 106 Å². The highest BCUT2D eigenvalue weighted by Crippen LogP contribution is 2.26. The molecule has 0 bridgehead atoms. The Hall–Kier alpha value is -1.55. The number of aliphatic hydroxyl groups excluding tert-OH is 3. The van der Waals surface area contributed by atoms with Gasteiger partial charge in [0.2, 0.25) is 0 Å². The van der Waals surface area contributed by atoms with Crippen molar-refractivity contribution in [2.24, 2.45) is 0 Å². The van der Waals surface area contributed by atoms with E-state index in [0.717, 1.165) is 10.8 Å². The molecule has 1 aromatic heterocycles. The Morgan fingerprint density at radius 2 is 2.26 bits per heavy atom. The summed E-state index contributed by atoms with van der Waals surface area (Å²) in [5, 5.41) is 28.2. The van der Waals surface area contributed by atoms with Crippen LogP contribution in [0.15, 0.2) is 11.0 Å². The molecule has 0 spiro atoms. The van der Waals surface area contributed by atoms with Gasteiger partial charge in [0.25, 0.3) is 0 Å². The first-order valence-corrected chi connectivity index (χ1v) is 5.60. The van der Waals surface area contributed by atoms with Gasteiger partial charge in [0.15, 0.2) is 11.6 Å². The van der Waals surface area contributed by atoms with E-state index in [1.807, 2.05) is 0 Å². The van der Waals surface area contributed by atoms with Crippen LogP contribution in [0.3, 0.4) is 0 Å². The van der Waals surface area contributed by atoms with Crippen molar-refractivity contribution in [1.29, 1.82) is 0 Å². The summed E-state index contributed by atoms with van der Waals surface area (Å²) in [4.78, 5) is 14.9. The van der Waals surface area contributed by atoms with Crippen LogP contribution in [-0.2, 0) is 4.74 Å². The first-order valence-electron chi connectivity index (χ1n) is 5.60. The van der Waals surface area contributed by atoms with E-state index in [0.29, 0.717) is 0 Å². The van der Waals surface area contributed by atoms with Crippen molar-refractivity contribution >= 4 is 5.82 Å². The van der Waals surface area contributed by atoms with Gasteiger partial charge in [0, 0.05) is 6.42 Å². The fourth-order valence-corrected chi connectivity index (χ4v) is 1.93. The van der Waals surface area contributed by atoms with Crippen molar-refractivity contribution in [3.63, 3.8) is 0 Å². The lowest BCUT2D eigenvalue weighted by molar-refractivity contribution is -0.202. The zero-order valence-electron chi connectivity index (χ0n) is 9.81. The second-order valence-electron chi connectivity index (χ2n) is 4.27. The Morgan fingerprint density at radius 1 is 1.58 bits per heavy atom. The van der Waals surface area contributed by atoms with E-state index in [1.54, 1.807) is 0 Å². The summed E-state index contributed by atoms with van der Waals surface area (Å²) in [6.45, 7) is -0.547. The smallest absolute Gasteiger partial charge is 0.351 e. The minimum absolute atomic E-state index is 0.136. The Morgan fingerprint density at radius 3 is 2.89 bits per heavy atom. The predicted molar refractivity (Wildman–Crippen MR) is 60.5 cm³/mol. The van der Waals surface area contributed by atoms with Crippen LogP contribution in [0, 0.1) is 5.82 Å². The average Bonchev–Trinajstić information content (AvgIpc) is 2.37. The number of nitrogen functional groups attached to an aromatic ring is 1. The van der Waals surface area contributed by atoms with Gasteiger partial charge in [-0.25, -0.2) is 9.18 Å². The normalized spacial score (nSPS) is 31.4. The molecule has 0 unspecified atom stereocenters. The highest BCUT2D eigenvalue weighted by Gasteiger charge is 2.37. The quantitative estimate of drug-likeness (QED) is 0.489. The highest BCUT2D eigenvalue weighted by molar-refractivity contribution is 5.26. The summed E-state index contributed by atoms with van der Waals surface area (Å²) in [7, 11) is 0. The van der Waals surface area contributed by atoms with Crippen molar-refractivity contribution in [1.82, 2.24) is 9.55 Å². The Kier molecular flexibility index (Phi) is 3.80. The summed E-state index contributed by atoms with van der Waals surface area (Å²) >= 11 is 0. The van der Waals surface area contributed by atoms with Gasteiger partial charge in [-0.2, -0.15) is 4.98 Å². The topological polar surface area (TPSA) is 131 Å². The van der Waals surface area contributed by atoms with Gasteiger partial charge in [-0.1, -0.05) is 0 Å². The van der Waals surface area contributed by atoms with E-state index < -0.39 is 48.5 Å². The van der Waals surface area contributed by atoms with Crippen LogP contribution in [0.5, 0.6) is 0 Å². The zero-order valence-corrected chi connectivity index (χ0v) is 9.81. The molecule has 8 nitrogen and oxygen atoms in total. The third kappa shape index (κ3) is 2.59. The third-order valence-corrected chi connectivity index (χ3v) is 2.97. The van der Waals surface area contributed by atoms with Gasteiger partial charge >= 0.3 is 5.69 Å². The van der Waals surface area contributed by atoms with Crippen molar-refractivity contribution in [2.45, 2.75) is 31.0 Å². The van der Waals surface area contributed by atoms with E-state index >= 15 is 0 Å². The molecule has 1 saturated heterocycles. The zero-order chi connectivity index (χ0) is 14.2. The van der Waals surface area contributed by atoms with Crippen LogP contribution >= 0.6 is 0 Å². The van der Waals surface area contributed by atoms with E-state index in [9.17, 15) is 19.4 Å². The molecule has 1 fully saturated rings. The van der Waals surface area contributed by atoms with Gasteiger partial charge in [0.05, 0.1) is 18.9 Å². The lowest BCUT2D eigenvalue weighted by Gasteiger charge is -2.36. The number of ether oxygens (including phenoxy) is 1. The van der Waals surface area contributed by atoms with Gasteiger partial charge < -0.3 is 25.8 Å². The van der Waals surface area contributed by atoms with Crippen molar-refractivity contribution in [2.75, 3.05) is 12.3 Å². The van der Waals surface area contributed by atoms with Crippen molar-refractivity contribution in [3.05, 3.63) is 22.5 Å². The van der Waals surface area contributed by atoms with E-state index in [1.165, 1.54) is 0 Å². The van der Waals surface area contributed by atoms with Crippen molar-refractivity contribution in [3.8, 4) is 0 Å². The van der Waals surface area contributed by atoms with Gasteiger partial charge in [-0.05, 0) is 0 Å². The summed E-state index contributed by atoms with van der Waals surface area (Å²) in [5.41, 5.74) is 4.31. The van der Waals surface area contributed by atoms with Crippen LogP contribution in [0.2, 0.25) is 0 Å². The SMILES string of the molecule is Nc1nc(=O)n([C@@H]2C[C@H](O)[C@H](O)[C@H](CO)O2)cc1F. The van der Waals surface area contributed by atoms with Crippen LogP contribution in [0.4, 0.5) is 10.2 Å². The summed E-state index contributed by atoms with van der Waals surface area (Å²) < 4.78 is 19.4. The fourth-order valence-electron chi connectivity index (χ4n) is 1.93. The molecule has 5 N–H and O–H groups in total. The molecule has 2 heterocycles. The van der Waals surface area contributed by atoms with Gasteiger partial charge in [-0.15, -0.1) is 0 Å². The number of halogens is 1. The molecule has 9 heteroatoms.